The maximum atomic E-state index is 5.71. The maximum Gasteiger partial charge on any atom is 0.124 e. The third-order valence-electron chi connectivity index (χ3n) is 3.05. The molecule has 2 aromatic rings. The Morgan fingerprint density at radius 2 is 2.05 bits per heavy atom. The van der Waals surface area contributed by atoms with Gasteiger partial charge in [-0.3, -0.25) is 4.98 Å². The number of nitrogens with zero attached hydrogens (tertiary/aromatic N) is 1. The van der Waals surface area contributed by atoms with Gasteiger partial charge in [-0.15, -0.1) is 0 Å². The molecule has 0 aliphatic rings. The molecule has 0 fully saturated rings. The number of aromatic nitrogens is 1. The molecular weight excluding hydrogens is 236 g/mol. The summed E-state index contributed by atoms with van der Waals surface area (Å²) in [6, 6.07) is 10.4. The van der Waals surface area contributed by atoms with Crippen molar-refractivity contribution in [3.63, 3.8) is 0 Å². The van der Waals surface area contributed by atoms with Crippen molar-refractivity contribution in [2.75, 3.05) is 13.7 Å². The first-order chi connectivity index (χ1) is 9.26. The van der Waals surface area contributed by atoms with Crippen LogP contribution in [0, 0.1) is 6.92 Å². The van der Waals surface area contributed by atoms with E-state index >= 15 is 0 Å². The van der Waals surface area contributed by atoms with Crippen LogP contribution in [0.25, 0.3) is 0 Å². The minimum absolute atomic E-state index is 0.0927. The number of pyridine rings is 1. The van der Waals surface area contributed by atoms with Crippen LogP contribution in [0.2, 0.25) is 0 Å². The zero-order valence-corrected chi connectivity index (χ0v) is 11.7. The summed E-state index contributed by atoms with van der Waals surface area (Å²) in [6.45, 7) is 4.72. The summed E-state index contributed by atoms with van der Waals surface area (Å²) in [5.41, 5.74) is 3.44. The summed E-state index contributed by atoms with van der Waals surface area (Å²) in [5, 5.41) is 3.34. The topological polar surface area (TPSA) is 34.1 Å². The van der Waals surface area contributed by atoms with Gasteiger partial charge in [0.05, 0.1) is 12.6 Å². The lowest BCUT2D eigenvalue weighted by atomic mass is 9.98. The van der Waals surface area contributed by atoms with Gasteiger partial charge in [0.25, 0.3) is 0 Å². The highest BCUT2D eigenvalue weighted by atomic mass is 16.5. The van der Waals surface area contributed by atoms with E-state index < -0.39 is 0 Å². The van der Waals surface area contributed by atoms with E-state index in [0.29, 0.717) is 6.61 Å². The van der Waals surface area contributed by atoms with Gasteiger partial charge in [0.2, 0.25) is 0 Å². The summed E-state index contributed by atoms with van der Waals surface area (Å²) in [5.74, 6) is 0.922. The van der Waals surface area contributed by atoms with Crippen LogP contribution in [0.4, 0.5) is 0 Å². The van der Waals surface area contributed by atoms with Crippen LogP contribution in [0.5, 0.6) is 5.75 Å². The number of benzene rings is 1. The molecule has 0 saturated heterocycles. The highest BCUT2D eigenvalue weighted by Gasteiger charge is 2.16. The molecule has 0 aliphatic heterocycles. The zero-order valence-electron chi connectivity index (χ0n) is 11.7. The molecule has 0 saturated carbocycles. The molecule has 100 valence electrons. The molecule has 1 atom stereocenters. The van der Waals surface area contributed by atoms with Gasteiger partial charge >= 0.3 is 0 Å². The molecule has 1 aromatic heterocycles. The number of hydrogen-bond acceptors (Lipinski definition) is 3. The Bertz CT molecular complexity index is 540. The molecule has 0 bridgehead atoms. The molecule has 3 heteroatoms. The fourth-order valence-electron chi connectivity index (χ4n) is 2.24. The fraction of sp³-hybridized carbons (Fsp3) is 0.312. The molecule has 0 aliphatic carbocycles. The number of para-hydroxylation sites is 1. The first-order valence-corrected chi connectivity index (χ1v) is 6.56. The van der Waals surface area contributed by atoms with Crippen molar-refractivity contribution >= 4 is 0 Å². The number of nitrogens with one attached hydrogen (secondary N) is 1. The minimum Gasteiger partial charge on any atom is -0.494 e. The van der Waals surface area contributed by atoms with Crippen molar-refractivity contribution in [1.29, 1.82) is 0 Å². The van der Waals surface area contributed by atoms with Crippen molar-refractivity contribution in [3.8, 4) is 5.75 Å². The van der Waals surface area contributed by atoms with Gasteiger partial charge in [-0.25, -0.2) is 0 Å². The SMILES string of the molecule is CCOc1ccccc1C(NC)c1cncc(C)c1. The van der Waals surface area contributed by atoms with Gasteiger partial charge in [-0.05, 0) is 38.1 Å². The summed E-state index contributed by atoms with van der Waals surface area (Å²) >= 11 is 0. The molecule has 0 spiro atoms. The van der Waals surface area contributed by atoms with Gasteiger partial charge < -0.3 is 10.1 Å². The third kappa shape index (κ3) is 3.12. The molecule has 2 rings (SSSR count). The van der Waals surface area contributed by atoms with Gasteiger partial charge in [0, 0.05) is 18.0 Å². The van der Waals surface area contributed by atoms with Crippen molar-refractivity contribution in [3.05, 3.63) is 59.4 Å². The number of ether oxygens (including phenoxy) is 1. The zero-order chi connectivity index (χ0) is 13.7. The van der Waals surface area contributed by atoms with E-state index in [9.17, 15) is 0 Å². The predicted molar refractivity (Wildman–Crippen MR) is 77.5 cm³/mol. The summed E-state index contributed by atoms with van der Waals surface area (Å²) in [6.07, 6.45) is 3.77. The maximum absolute atomic E-state index is 5.71. The second-order valence-corrected chi connectivity index (χ2v) is 4.49. The second-order valence-electron chi connectivity index (χ2n) is 4.49. The number of hydrogen-bond donors (Lipinski definition) is 1. The average Bonchev–Trinajstić information content (AvgIpc) is 2.42. The largest absolute Gasteiger partial charge is 0.494 e. The van der Waals surface area contributed by atoms with Crippen molar-refractivity contribution in [2.45, 2.75) is 19.9 Å². The Hall–Kier alpha value is -1.87. The van der Waals surface area contributed by atoms with Crippen LogP contribution in [-0.4, -0.2) is 18.6 Å². The van der Waals surface area contributed by atoms with Gasteiger partial charge in [-0.1, -0.05) is 24.3 Å². The molecule has 1 unspecified atom stereocenters. The molecule has 0 radical (unpaired) electrons. The van der Waals surface area contributed by atoms with Crippen LogP contribution in [0.15, 0.2) is 42.7 Å². The minimum atomic E-state index is 0.0927. The molecular formula is C16H20N2O. The Labute approximate surface area is 114 Å². The monoisotopic (exact) mass is 256 g/mol. The lowest BCUT2D eigenvalue weighted by Gasteiger charge is -2.20. The van der Waals surface area contributed by atoms with E-state index in [1.165, 1.54) is 0 Å². The lowest BCUT2D eigenvalue weighted by Crippen LogP contribution is -2.19. The van der Waals surface area contributed by atoms with Crippen LogP contribution < -0.4 is 10.1 Å². The van der Waals surface area contributed by atoms with Crippen molar-refractivity contribution in [2.24, 2.45) is 0 Å². The molecule has 3 nitrogen and oxygen atoms in total. The normalized spacial score (nSPS) is 12.2. The first kappa shape index (κ1) is 13.6. The Kier molecular flexibility index (Phi) is 4.53. The van der Waals surface area contributed by atoms with Crippen LogP contribution in [0.3, 0.4) is 0 Å². The van der Waals surface area contributed by atoms with Crippen LogP contribution in [-0.2, 0) is 0 Å². The van der Waals surface area contributed by atoms with E-state index in [0.717, 1.165) is 22.4 Å². The number of aryl methyl sites for hydroxylation is 1. The van der Waals surface area contributed by atoms with Crippen molar-refractivity contribution in [1.82, 2.24) is 10.3 Å². The summed E-state index contributed by atoms with van der Waals surface area (Å²) < 4.78 is 5.71. The van der Waals surface area contributed by atoms with Crippen molar-refractivity contribution < 1.29 is 4.74 Å². The van der Waals surface area contributed by atoms with Crippen LogP contribution in [0.1, 0.15) is 29.7 Å². The van der Waals surface area contributed by atoms with Gasteiger partial charge in [-0.2, -0.15) is 0 Å². The molecule has 1 aromatic carbocycles. The highest BCUT2D eigenvalue weighted by molar-refractivity contribution is 5.41. The molecule has 1 heterocycles. The second kappa shape index (κ2) is 6.34. The first-order valence-electron chi connectivity index (χ1n) is 6.56. The van der Waals surface area contributed by atoms with E-state index in [4.69, 9.17) is 4.74 Å². The van der Waals surface area contributed by atoms with Crippen LogP contribution >= 0.6 is 0 Å². The predicted octanol–water partition coefficient (Wildman–Crippen LogP) is 3.10. The molecule has 1 N–H and O–H groups in total. The Morgan fingerprint density at radius 1 is 1.26 bits per heavy atom. The summed E-state index contributed by atoms with van der Waals surface area (Å²) in [7, 11) is 1.95. The van der Waals surface area contributed by atoms with E-state index in [1.807, 2.05) is 44.6 Å². The van der Waals surface area contributed by atoms with E-state index in [-0.39, 0.29) is 6.04 Å². The molecule has 0 amide bonds. The fourth-order valence-corrected chi connectivity index (χ4v) is 2.24. The molecule has 19 heavy (non-hydrogen) atoms. The lowest BCUT2D eigenvalue weighted by molar-refractivity contribution is 0.334. The average molecular weight is 256 g/mol. The standard InChI is InChI=1S/C16H20N2O/c1-4-19-15-8-6-5-7-14(15)16(17-3)13-9-12(2)10-18-11-13/h5-11,16-17H,4H2,1-3H3. The van der Waals surface area contributed by atoms with E-state index in [1.54, 1.807) is 0 Å². The van der Waals surface area contributed by atoms with E-state index in [2.05, 4.69) is 29.4 Å². The third-order valence-corrected chi connectivity index (χ3v) is 3.05. The summed E-state index contributed by atoms with van der Waals surface area (Å²) in [4.78, 5) is 4.27. The Balaban J connectivity index is 2.42. The highest BCUT2D eigenvalue weighted by Crippen LogP contribution is 2.29. The number of rotatable bonds is 5. The Morgan fingerprint density at radius 3 is 2.74 bits per heavy atom. The quantitative estimate of drug-likeness (QED) is 0.892. The van der Waals surface area contributed by atoms with Gasteiger partial charge in [0.15, 0.2) is 0 Å². The smallest absolute Gasteiger partial charge is 0.124 e. The van der Waals surface area contributed by atoms with Gasteiger partial charge in [0.1, 0.15) is 5.75 Å².